The topological polar surface area (TPSA) is 6.48 Å². The van der Waals surface area contributed by atoms with E-state index < -0.39 is 16.1 Å². The molecule has 0 aromatic heterocycles. The van der Waals surface area contributed by atoms with Crippen LogP contribution < -0.4 is 30.5 Å². The fraction of sp³-hybridized carbons (Fsp3) is 0.103. The van der Waals surface area contributed by atoms with Crippen LogP contribution in [-0.2, 0) is 0 Å². The Bertz CT molecular complexity index is 3210. The number of nitrogens with zero attached hydrogens (tertiary/aromatic N) is 2. The van der Waals surface area contributed by atoms with Crippen molar-refractivity contribution in [1.82, 2.24) is 0 Å². The third kappa shape index (κ3) is 5.20. The van der Waals surface area contributed by atoms with Gasteiger partial charge in [0.15, 0.2) is 0 Å². The highest BCUT2D eigenvalue weighted by Gasteiger charge is 2.39. The molecule has 12 rings (SSSR count). The van der Waals surface area contributed by atoms with E-state index in [0.717, 1.165) is 11.4 Å². The zero-order valence-electron chi connectivity index (χ0n) is 36.2. The van der Waals surface area contributed by atoms with Gasteiger partial charge in [0.2, 0.25) is 0 Å². The molecule has 0 aliphatic carbocycles. The molecule has 0 bridgehead atoms. The SMILES string of the molecule is Cc1cc(N(c2ccccc2)c2ccc3c(c2)[Si](C)(C)c2ccccc2-3)c2ccc3c(C)cc(N(c4ccccc4)c4ccc5c(c4)[Si](C)(C)c4ccccc4-5)c4ccc1c2c34. The number of benzene rings is 10. The molecule has 62 heavy (non-hydrogen) atoms. The zero-order chi connectivity index (χ0) is 42.1. The predicted octanol–water partition coefficient (Wildman–Crippen LogP) is 13.7. The van der Waals surface area contributed by atoms with Crippen molar-refractivity contribution in [2.45, 2.75) is 40.0 Å². The summed E-state index contributed by atoms with van der Waals surface area (Å²) in [5.41, 5.74) is 15.3. The molecular weight excluding hydrogens is 781 g/mol. The number of fused-ring (bicyclic) bond motifs is 6. The third-order valence-corrected chi connectivity index (χ3v) is 21.5. The Morgan fingerprint density at radius 3 is 1.08 bits per heavy atom. The summed E-state index contributed by atoms with van der Waals surface area (Å²) in [7, 11) is -3.83. The van der Waals surface area contributed by atoms with E-state index in [1.165, 1.54) is 109 Å². The summed E-state index contributed by atoms with van der Waals surface area (Å²) in [4.78, 5) is 5.04. The summed E-state index contributed by atoms with van der Waals surface area (Å²) < 4.78 is 0. The lowest BCUT2D eigenvalue weighted by molar-refractivity contribution is 1.29. The van der Waals surface area contributed by atoms with Gasteiger partial charge in [-0.15, -0.1) is 0 Å². The molecule has 2 heterocycles. The summed E-state index contributed by atoms with van der Waals surface area (Å²) in [6.07, 6.45) is 0. The summed E-state index contributed by atoms with van der Waals surface area (Å²) in [6.45, 7) is 14.6. The first-order chi connectivity index (χ1) is 30.1. The van der Waals surface area contributed by atoms with Crippen LogP contribution in [0, 0.1) is 13.8 Å². The number of rotatable bonds is 6. The van der Waals surface area contributed by atoms with Crippen LogP contribution in [0.25, 0.3) is 54.6 Å². The fourth-order valence-electron chi connectivity index (χ4n) is 11.3. The summed E-state index contributed by atoms with van der Waals surface area (Å²) in [5.74, 6) is 0. The number of anilines is 6. The van der Waals surface area contributed by atoms with Crippen molar-refractivity contribution in [1.29, 1.82) is 0 Å². The van der Waals surface area contributed by atoms with Crippen molar-refractivity contribution in [3.63, 3.8) is 0 Å². The van der Waals surface area contributed by atoms with E-state index in [1.54, 1.807) is 0 Å². The minimum atomic E-state index is -1.92. The van der Waals surface area contributed by atoms with Crippen LogP contribution in [0.15, 0.2) is 182 Å². The van der Waals surface area contributed by atoms with E-state index in [9.17, 15) is 0 Å². The zero-order valence-corrected chi connectivity index (χ0v) is 38.2. The van der Waals surface area contributed by atoms with Crippen molar-refractivity contribution >= 4 is 103 Å². The summed E-state index contributed by atoms with van der Waals surface area (Å²) >= 11 is 0. The number of hydrogen-bond acceptors (Lipinski definition) is 2. The summed E-state index contributed by atoms with van der Waals surface area (Å²) in [5, 5.41) is 13.9. The number of hydrogen-bond donors (Lipinski definition) is 0. The molecule has 2 aliphatic rings. The maximum atomic E-state index is 2.52. The minimum absolute atomic E-state index is 1.16. The second kappa shape index (κ2) is 13.4. The van der Waals surface area contributed by atoms with Crippen molar-refractivity contribution in [3.8, 4) is 22.3 Å². The standard InChI is InChI=1S/C58H48N2Si2/c1-37-33-51(59(39-17-9-7-10-18-39)41-25-27-47-45-21-13-15-23-53(45)61(3,4)55(47)35-41)49-32-30-44-38(2)34-52(50-31-29-43(37)57(49)58(44)50)60(40-19-11-8-12-20-40)42-26-28-48-46-22-14-16-24-54(46)62(5,6)56(48)36-42/h7-36H,1-6H3. The van der Waals surface area contributed by atoms with Crippen LogP contribution in [0.1, 0.15) is 11.1 Å². The van der Waals surface area contributed by atoms with Gasteiger partial charge in [0, 0.05) is 33.5 Å². The van der Waals surface area contributed by atoms with Gasteiger partial charge in [-0.05, 0) is 150 Å². The van der Waals surface area contributed by atoms with E-state index in [1.807, 2.05) is 0 Å². The molecule has 0 unspecified atom stereocenters. The lowest BCUT2D eigenvalue weighted by Gasteiger charge is -2.31. The minimum Gasteiger partial charge on any atom is -0.310 e. The second-order valence-electron chi connectivity index (χ2n) is 18.6. The van der Waals surface area contributed by atoms with Gasteiger partial charge in [0.05, 0.1) is 11.4 Å². The molecule has 0 fully saturated rings. The molecule has 0 radical (unpaired) electrons. The van der Waals surface area contributed by atoms with Gasteiger partial charge >= 0.3 is 0 Å². The van der Waals surface area contributed by atoms with Crippen LogP contribution in [0.4, 0.5) is 34.1 Å². The van der Waals surface area contributed by atoms with E-state index in [-0.39, 0.29) is 0 Å². The van der Waals surface area contributed by atoms with Crippen LogP contribution in [-0.4, -0.2) is 16.1 Å². The quantitative estimate of drug-likeness (QED) is 0.122. The van der Waals surface area contributed by atoms with Gasteiger partial charge in [0.1, 0.15) is 16.1 Å². The Morgan fingerprint density at radius 2 is 0.661 bits per heavy atom. The van der Waals surface area contributed by atoms with Crippen molar-refractivity contribution in [2.75, 3.05) is 9.80 Å². The van der Waals surface area contributed by atoms with Gasteiger partial charge in [-0.1, -0.05) is 148 Å². The Balaban J connectivity index is 1.10. The third-order valence-electron chi connectivity index (χ3n) is 14.4. The van der Waals surface area contributed by atoms with E-state index in [0.29, 0.717) is 0 Å². The molecule has 0 saturated heterocycles. The van der Waals surface area contributed by atoms with Crippen LogP contribution in [0.3, 0.4) is 0 Å². The average molecular weight is 829 g/mol. The Morgan fingerprint density at radius 1 is 0.306 bits per heavy atom. The molecule has 0 saturated carbocycles. The molecule has 0 spiro atoms. The first-order valence-corrected chi connectivity index (χ1v) is 28.0. The highest BCUT2D eigenvalue weighted by atomic mass is 28.3. The molecule has 2 aliphatic heterocycles. The molecule has 0 amide bonds. The Kier molecular flexibility index (Phi) is 8.00. The first kappa shape index (κ1) is 37.1. The van der Waals surface area contributed by atoms with Crippen molar-refractivity contribution in [3.05, 3.63) is 193 Å². The lowest BCUT2D eigenvalue weighted by atomic mass is 9.88. The summed E-state index contributed by atoms with van der Waals surface area (Å²) in [6, 6.07) is 69.0. The Labute approximate surface area is 366 Å². The van der Waals surface area contributed by atoms with E-state index in [4.69, 9.17) is 0 Å². The molecule has 10 aromatic rings. The smallest absolute Gasteiger partial charge is 0.113 e. The van der Waals surface area contributed by atoms with E-state index in [2.05, 4.69) is 232 Å². The molecule has 2 nitrogen and oxygen atoms in total. The van der Waals surface area contributed by atoms with Crippen LogP contribution in [0.2, 0.25) is 26.2 Å². The largest absolute Gasteiger partial charge is 0.310 e. The fourth-order valence-corrected chi connectivity index (χ4v) is 17.5. The molecular formula is C58H48N2Si2. The monoisotopic (exact) mass is 828 g/mol. The van der Waals surface area contributed by atoms with Gasteiger partial charge in [-0.25, -0.2) is 0 Å². The first-order valence-electron chi connectivity index (χ1n) is 22.0. The van der Waals surface area contributed by atoms with E-state index >= 15 is 0 Å². The normalized spacial score (nSPS) is 14.2. The van der Waals surface area contributed by atoms with Crippen LogP contribution >= 0.6 is 0 Å². The Hall–Kier alpha value is -6.73. The maximum absolute atomic E-state index is 2.52. The predicted molar refractivity (Wildman–Crippen MR) is 273 cm³/mol. The molecule has 0 N–H and O–H groups in total. The van der Waals surface area contributed by atoms with Gasteiger partial charge < -0.3 is 9.80 Å². The molecule has 10 aromatic carbocycles. The van der Waals surface area contributed by atoms with Crippen LogP contribution in [0.5, 0.6) is 0 Å². The maximum Gasteiger partial charge on any atom is 0.113 e. The van der Waals surface area contributed by atoms with Gasteiger partial charge in [0.25, 0.3) is 0 Å². The van der Waals surface area contributed by atoms with Crippen molar-refractivity contribution in [2.24, 2.45) is 0 Å². The lowest BCUT2D eigenvalue weighted by Crippen LogP contribution is -2.49. The molecule has 0 atom stereocenters. The highest BCUT2D eigenvalue weighted by molar-refractivity contribution is 7.04. The van der Waals surface area contributed by atoms with Crippen molar-refractivity contribution < 1.29 is 0 Å². The number of aryl methyl sites for hydroxylation is 2. The number of para-hydroxylation sites is 2. The average Bonchev–Trinajstić information content (AvgIpc) is 3.67. The van der Waals surface area contributed by atoms with Gasteiger partial charge in [-0.2, -0.15) is 0 Å². The highest BCUT2D eigenvalue weighted by Crippen LogP contribution is 2.49. The van der Waals surface area contributed by atoms with Gasteiger partial charge in [-0.3, -0.25) is 0 Å². The molecule has 298 valence electrons. The molecule has 4 heteroatoms. The second-order valence-corrected chi connectivity index (χ2v) is 27.3.